The molecule has 1 nitrogen and oxygen atoms in total. The zero-order chi connectivity index (χ0) is 37.2. The minimum atomic E-state index is -0.416. The first-order valence-electron chi connectivity index (χ1n) is 19.1. The van der Waals surface area contributed by atoms with Crippen LogP contribution in [0.2, 0.25) is 0 Å². The molecule has 1 spiro atoms. The Morgan fingerprint density at radius 3 is 1.87 bits per heavy atom. The summed E-state index contributed by atoms with van der Waals surface area (Å²) in [6, 6.07) is 50.1. The average molecular weight is 696 g/mol. The molecular formula is C53H45N. The van der Waals surface area contributed by atoms with Gasteiger partial charge in [-0.2, -0.15) is 0 Å². The van der Waals surface area contributed by atoms with Crippen LogP contribution in [0.1, 0.15) is 77.8 Å². The Hall–Kier alpha value is -6.18. The van der Waals surface area contributed by atoms with Crippen molar-refractivity contribution in [3.63, 3.8) is 0 Å². The molecule has 0 fully saturated rings. The van der Waals surface area contributed by atoms with Gasteiger partial charge in [0.2, 0.25) is 0 Å². The molecule has 0 heterocycles. The Balaban J connectivity index is 1.32. The highest BCUT2D eigenvalue weighted by molar-refractivity contribution is 6.04. The molecule has 3 aliphatic rings. The van der Waals surface area contributed by atoms with Gasteiger partial charge in [-0.25, -0.2) is 0 Å². The highest BCUT2D eigenvalue weighted by atomic mass is 15.1. The van der Waals surface area contributed by atoms with Crippen LogP contribution in [0.15, 0.2) is 183 Å². The number of benzene rings is 6. The maximum atomic E-state index is 4.08. The molecule has 0 bridgehead atoms. The molecule has 3 aliphatic carbocycles. The second-order valence-corrected chi connectivity index (χ2v) is 15.2. The first-order chi connectivity index (χ1) is 26.4. The van der Waals surface area contributed by atoms with Crippen molar-refractivity contribution in [2.75, 3.05) is 4.90 Å². The van der Waals surface area contributed by atoms with Gasteiger partial charge in [0, 0.05) is 22.4 Å². The average Bonchev–Trinajstić information content (AvgIpc) is 3.67. The molecule has 0 amide bonds. The van der Waals surface area contributed by atoms with Crippen molar-refractivity contribution in [1.82, 2.24) is 0 Å². The van der Waals surface area contributed by atoms with Crippen LogP contribution in [0.3, 0.4) is 0 Å². The summed E-state index contributed by atoms with van der Waals surface area (Å²) in [4.78, 5) is 2.49. The Morgan fingerprint density at radius 2 is 1.22 bits per heavy atom. The van der Waals surface area contributed by atoms with E-state index in [-0.39, 0.29) is 5.41 Å². The van der Waals surface area contributed by atoms with E-state index in [0.29, 0.717) is 0 Å². The Morgan fingerprint density at radius 1 is 0.611 bits per heavy atom. The maximum absolute atomic E-state index is 4.08. The minimum absolute atomic E-state index is 0.142. The number of fused-ring (bicyclic) bond motifs is 9. The van der Waals surface area contributed by atoms with Crippen molar-refractivity contribution in [3.8, 4) is 11.1 Å². The zero-order valence-electron chi connectivity index (χ0n) is 31.7. The summed E-state index contributed by atoms with van der Waals surface area (Å²) in [5.41, 5.74) is 21.2. The monoisotopic (exact) mass is 695 g/mol. The van der Waals surface area contributed by atoms with E-state index >= 15 is 0 Å². The van der Waals surface area contributed by atoms with Crippen molar-refractivity contribution in [1.29, 1.82) is 0 Å². The van der Waals surface area contributed by atoms with Gasteiger partial charge in [0.05, 0.1) is 11.1 Å². The lowest BCUT2D eigenvalue weighted by Gasteiger charge is -2.37. The minimum Gasteiger partial charge on any atom is -0.310 e. The van der Waals surface area contributed by atoms with E-state index in [1.54, 1.807) is 0 Å². The fourth-order valence-electron chi connectivity index (χ4n) is 10.0. The van der Waals surface area contributed by atoms with Gasteiger partial charge in [-0.3, -0.25) is 0 Å². The van der Waals surface area contributed by atoms with Crippen LogP contribution >= 0.6 is 0 Å². The van der Waals surface area contributed by atoms with Gasteiger partial charge in [0.1, 0.15) is 0 Å². The number of anilines is 3. The quantitative estimate of drug-likeness (QED) is 0.157. The molecule has 0 aliphatic heterocycles. The molecule has 1 heteroatoms. The summed E-state index contributed by atoms with van der Waals surface area (Å²) in [5, 5.41) is 0. The molecule has 6 aromatic rings. The van der Waals surface area contributed by atoms with Gasteiger partial charge in [-0.15, -0.1) is 0 Å². The van der Waals surface area contributed by atoms with Crippen molar-refractivity contribution < 1.29 is 0 Å². The van der Waals surface area contributed by atoms with E-state index in [4.69, 9.17) is 0 Å². The van der Waals surface area contributed by atoms with E-state index in [1.165, 1.54) is 72.5 Å². The molecule has 262 valence electrons. The number of rotatable bonds is 6. The first kappa shape index (κ1) is 33.6. The SMILES string of the molecule is C=C/C=C(\C=C)c1ccc(N(c2ccc3c(c2)C(C)(C)c2ccccc2C3)c2cccc3c2C(=C/C)/C(=C\C)C32c3ccccc3-c3ccccc32)cc1. The number of allylic oxidation sites excluding steroid dienone is 8. The molecule has 0 atom stereocenters. The van der Waals surface area contributed by atoms with Crippen LogP contribution in [0.5, 0.6) is 0 Å². The lowest BCUT2D eigenvalue weighted by Crippen LogP contribution is -2.27. The molecule has 6 aromatic carbocycles. The Kier molecular flexibility index (Phi) is 7.94. The summed E-state index contributed by atoms with van der Waals surface area (Å²) in [7, 11) is 0. The number of hydrogen-bond acceptors (Lipinski definition) is 1. The normalized spacial score (nSPS) is 17.1. The molecule has 54 heavy (non-hydrogen) atoms. The maximum Gasteiger partial charge on any atom is 0.0723 e. The summed E-state index contributed by atoms with van der Waals surface area (Å²) in [6.45, 7) is 17.2. The zero-order valence-corrected chi connectivity index (χ0v) is 31.7. The van der Waals surface area contributed by atoms with E-state index in [9.17, 15) is 0 Å². The highest BCUT2D eigenvalue weighted by Crippen LogP contribution is 2.65. The van der Waals surface area contributed by atoms with E-state index < -0.39 is 5.41 Å². The van der Waals surface area contributed by atoms with Gasteiger partial charge in [-0.1, -0.05) is 161 Å². The third kappa shape index (κ3) is 4.64. The molecule has 9 rings (SSSR count). The van der Waals surface area contributed by atoms with Crippen molar-refractivity contribution in [2.24, 2.45) is 0 Å². The van der Waals surface area contributed by atoms with Crippen LogP contribution < -0.4 is 4.90 Å². The second-order valence-electron chi connectivity index (χ2n) is 15.2. The summed E-state index contributed by atoms with van der Waals surface area (Å²) < 4.78 is 0. The summed E-state index contributed by atoms with van der Waals surface area (Å²) in [6.07, 6.45) is 11.4. The van der Waals surface area contributed by atoms with E-state index in [1.807, 2.05) is 18.2 Å². The van der Waals surface area contributed by atoms with Gasteiger partial charge < -0.3 is 4.90 Å². The molecule has 0 saturated heterocycles. The van der Waals surface area contributed by atoms with E-state index in [2.05, 4.69) is 191 Å². The van der Waals surface area contributed by atoms with Crippen LogP contribution in [-0.2, 0) is 17.3 Å². The second kappa shape index (κ2) is 12.7. The first-order valence-corrected chi connectivity index (χ1v) is 19.1. The fourth-order valence-corrected chi connectivity index (χ4v) is 10.0. The fraction of sp³-hybridized carbons (Fsp3) is 0.132. The molecule has 0 N–H and O–H groups in total. The molecule has 0 saturated carbocycles. The van der Waals surface area contributed by atoms with Gasteiger partial charge in [-0.05, 0) is 123 Å². The standard InChI is InChI=1S/C53H45N/c1-7-18-35(8-2)36-27-30-39(31-28-36)54(40-32-29-38-33-37-19-11-14-22-45(37)52(5,6)49(38)34-40)50-26-17-25-48-51(50)41(9-3)44(10-4)53(48)46-23-15-12-20-42(46)43-21-13-16-24-47(43)53/h7-32,34H,1-2,33H2,3-6H3/b35-18+,41-9+,44-10+. The topological polar surface area (TPSA) is 3.24 Å². The third-order valence-electron chi connectivity index (χ3n) is 12.3. The van der Waals surface area contributed by atoms with Crippen LogP contribution in [0.4, 0.5) is 17.1 Å². The van der Waals surface area contributed by atoms with Gasteiger partial charge in [0.25, 0.3) is 0 Å². The summed E-state index contributed by atoms with van der Waals surface area (Å²) in [5.74, 6) is 0. The molecule has 0 unspecified atom stereocenters. The predicted molar refractivity (Wildman–Crippen MR) is 230 cm³/mol. The van der Waals surface area contributed by atoms with Crippen LogP contribution in [-0.4, -0.2) is 0 Å². The Bertz CT molecular complexity index is 2560. The highest BCUT2D eigenvalue weighted by Gasteiger charge is 2.53. The Labute approximate surface area is 320 Å². The number of hydrogen-bond donors (Lipinski definition) is 0. The lowest BCUT2D eigenvalue weighted by atomic mass is 9.69. The van der Waals surface area contributed by atoms with Crippen LogP contribution in [0.25, 0.3) is 22.3 Å². The van der Waals surface area contributed by atoms with Crippen LogP contribution in [0, 0.1) is 0 Å². The predicted octanol–water partition coefficient (Wildman–Crippen LogP) is 13.8. The number of nitrogens with zero attached hydrogens (tertiary/aromatic N) is 1. The van der Waals surface area contributed by atoms with Gasteiger partial charge >= 0.3 is 0 Å². The molecule has 0 radical (unpaired) electrons. The summed E-state index contributed by atoms with van der Waals surface area (Å²) >= 11 is 0. The largest absolute Gasteiger partial charge is 0.310 e. The molecule has 0 aromatic heterocycles. The lowest BCUT2D eigenvalue weighted by molar-refractivity contribution is 0.611. The van der Waals surface area contributed by atoms with Crippen molar-refractivity contribution in [2.45, 2.75) is 44.9 Å². The third-order valence-corrected chi connectivity index (χ3v) is 12.3. The smallest absolute Gasteiger partial charge is 0.0723 e. The van der Waals surface area contributed by atoms with Crippen molar-refractivity contribution >= 4 is 28.2 Å². The van der Waals surface area contributed by atoms with Gasteiger partial charge in [0.15, 0.2) is 0 Å². The molecular weight excluding hydrogens is 651 g/mol. The van der Waals surface area contributed by atoms with E-state index in [0.717, 1.165) is 28.9 Å². The van der Waals surface area contributed by atoms with Crippen molar-refractivity contribution in [3.05, 3.63) is 233 Å².